The van der Waals surface area contributed by atoms with Crippen LogP contribution in [0.25, 0.3) is 0 Å². The van der Waals surface area contributed by atoms with Gasteiger partial charge in [0.25, 0.3) is 0 Å². The molecule has 100 valence electrons. The van der Waals surface area contributed by atoms with Gasteiger partial charge in [0.15, 0.2) is 0 Å². The normalized spacial score (nSPS) is 10.3. The molecule has 0 saturated carbocycles. The zero-order valence-electron chi connectivity index (χ0n) is 11.2. The van der Waals surface area contributed by atoms with Gasteiger partial charge in [0, 0.05) is 0 Å². The highest BCUT2D eigenvalue weighted by Crippen LogP contribution is 2.22. The first-order chi connectivity index (χ1) is 8.70. The third-order valence-corrected chi connectivity index (χ3v) is 2.94. The standard InChI is InChI=1S/C15H22O3/c1-3-5-6-7-11-18-15(17)14-12(4-2)9-8-10-13(14)16/h8-10,16H,3-7,11H2,1-2H3. The second-order valence-corrected chi connectivity index (χ2v) is 4.36. The van der Waals surface area contributed by atoms with Gasteiger partial charge >= 0.3 is 5.97 Å². The minimum Gasteiger partial charge on any atom is -0.507 e. The molecular formula is C15H22O3. The number of carbonyl (C=O) groups is 1. The third kappa shape index (κ3) is 4.06. The maximum absolute atomic E-state index is 11.9. The van der Waals surface area contributed by atoms with Crippen LogP contribution in [0.15, 0.2) is 18.2 Å². The number of esters is 1. The van der Waals surface area contributed by atoms with Gasteiger partial charge in [-0.1, -0.05) is 45.2 Å². The fraction of sp³-hybridized carbons (Fsp3) is 0.533. The quantitative estimate of drug-likeness (QED) is 0.593. The summed E-state index contributed by atoms with van der Waals surface area (Å²) in [5.41, 5.74) is 1.14. The molecule has 3 nitrogen and oxygen atoms in total. The van der Waals surface area contributed by atoms with E-state index in [-0.39, 0.29) is 5.75 Å². The summed E-state index contributed by atoms with van der Waals surface area (Å²) in [5.74, 6) is -0.408. The molecule has 0 heterocycles. The van der Waals surface area contributed by atoms with E-state index in [9.17, 15) is 9.90 Å². The smallest absolute Gasteiger partial charge is 0.342 e. The van der Waals surface area contributed by atoms with E-state index in [1.807, 2.05) is 13.0 Å². The average Bonchev–Trinajstić information content (AvgIpc) is 2.37. The lowest BCUT2D eigenvalue weighted by atomic mass is 10.0. The Morgan fingerprint density at radius 1 is 1.22 bits per heavy atom. The van der Waals surface area contributed by atoms with Crippen molar-refractivity contribution < 1.29 is 14.6 Å². The van der Waals surface area contributed by atoms with Crippen LogP contribution in [0.1, 0.15) is 55.5 Å². The van der Waals surface area contributed by atoms with Gasteiger partial charge in [0.1, 0.15) is 11.3 Å². The van der Waals surface area contributed by atoms with Gasteiger partial charge in [0.2, 0.25) is 0 Å². The van der Waals surface area contributed by atoms with Crippen LogP contribution in [-0.2, 0) is 11.2 Å². The van der Waals surface area contributed by atoms with Gasteiger partial charge in [-0.3, -0.25) is 0 Å². The van der Waals surface area contributed by atoms with Crippen molar-refractivity contribution in [3.05, 3.63) is 29.3 Å². The van der Waals surface area contributed by atoms with Gasteiger partial charge in [0.05, 0.1) is 6.61 Å². The molecule has 0 amide bonds. The first kappa shape index (κ1) is 14.6. The van der Waals surface area contributed by atoms with Crippen molar-refractivity contribution in [2.75, 3.05) is 6.61 Å². The first-order valence-electron chi connectivity index (χ1n) is 6.68. The van der Waals surface area contributed by atoms with Gasteiger partial charge in [-0.15, -0.1) is 0 Å². The Kier molecular flexibility index (Phi) is 6.26. The van der Waals surface area contributed by atoms with E-state index in [0.717, 1.165) is 31.2 Å². The monoisotopic (exact) mass is 250 g/mol. The highest BCUT2D eigenvalue weighted by atomic mass is 16.5. The largest absolute Gasteiger partial charge is 0.507 e. The molecule has 0 aromatic heterocycles. The highest BCUT2D eigenvalue weighted by Gasteiger charge is 2.16. The number of rotatable bonds is 7. The predicted octanol–water partition coefficient (Wildman–Crippen LogP) is 3.69. The Bertz CT molecular complexity index is 385. The van der Waals surface area contributed by atoms with Gasteiger partial charge in [-0.2, -0.15) is 0 Å². The molecule has 0 bridgehead atoms. The molecule has 0 fully saturated rings. The van der Waals surface area contributed by atoms with Crippen LogP contribution in [-0.4, -0.2) is 17.7 Å². The van der Waals surface area contributed by atoms with Gasteiger partial charge in [-0.05, 0) is 24.5 Å². The lowest BCUT2D eigenvalue weighted by Crippen LogP contribution is -2.09. The van der Waals surface area contributed by atoms with Crippen LogP contribution in [0.2, 0.25) is 0 Å². The van der Waals surface area contributed by atoms with E-state index >= 15 is 0 Å². The zero-order valence-corrected chi connectivity index (χ0v) is 11.2. The van der Waals surface area contributed by atoms with E-state index in [1.165, 1.54) is 6.07 Å². The molecule has 0 aliphatic rings. The van der Waals surface area contributed by atoms with Crippen molar-refractivity contribution in [1.82, 2.24) is 0 Å². The Morgan fingerprint density at radius 2 is 2.00 bits per heavy atom. The first-order valence-corrected chi connectivity index (χ1v) is 6.68. The van der Waals surface area contributed by atoms with E-state index in [1.54, 1.807) is 6.07 Å². The van der Waals surface area contributed by atoms with Crippen LogP contribution in [0.4, 0.5) is 0 Å². The molecule has 1 aromatic carbocycles. The van der Waals surface area contributed by atoms with E-state index in [0.29, 0.717) is 18.6 Å². The van der Waals surface area contributed by atoms with Crippen molar-refractivity contribution in [1.29, 1.82) is 0 Å². The second kappa shape index (κ2) is 7.75. The number of phenols is 1. The van der Waals surface area contributed by atoms with E-state index in [4.69, 9.17) is 4.74 Å². The molecule has 1 aromatic rings. The Morgan fingerprint density at radius 3 is 2.67 bits per heavy atom. The molecular weight excluding hydrogens is 228 g/mol. The number of aryl methyl sites for hydroxylation is 1. The van der Waals surface area contributed by atoms with Gasteiger partial charge < -0.3 is 9.84 Å². The maximum atomic E-state index is 11.9. The lowest BCUT2D eigenvalue weighted by Gasteiger charge is -2.09. The van der Waals surface area contributed by atoms with E-state index in [2.05, 4.69) is 6.92 Å². The summed E-state index contributed by atoms with van der Waals surface area (Å²) < 4.78 is 5.20. The fourth-order valence-corrected chi connectivity index (χ4v) is 1.88. The Hall–Kier alpha value is -1.51. The van der Waals surface area contributed by atoms with Crippen LogP contribution in [0, 0.1) is 0 Å². The molecule has 0 saturated heterocycles. The van der Waals surface area contributed by atoms with Crippen molar-refractivity contribution in [2.24, 2.45) is 0 Å². The molecule has 0 unspecified atom stereocenters. The van der Waals surface area contributed by atoms with Crippen molar-refractivity contribution in [2.45, 2.75) is 46.0 Å². The van der Waals surface area contributed by atoms with Gasteiger partial charge in [-0.25, -0.2) is 4.79 Å². The molecule has 1 N–H and O–H groups in total. The van der Waals surface area contributed by atoms with Crippen LogP contribution < -0.4 is 0 Å². The second-order valence-electron chi connectivity index (χ2n) is 4.36. The summed E-state index contributed by atoms with van der Waals surface area (Å²) in [6, 6.07) is 5.10. The molecule has 0 aliphatic carbocycles. The fourth-order valence-electron chi connectivity index (χ4n) is 1.88. The highest BCUT2D eigenvalue weighted by molar-refractivity contribution is 5.94. The van der Waals surface area contributed by atoms with Crippen LogP contribution in [0.3, 0.4) is 0 Å². The topological polar surface area (TPSA) is 46.5 Å². The molecule has 0 atom stereocenters. The van der Waals surface area contributed by atoms with Crippen LogP contribution in [0.5, 0.6) is 5.75 Å². The molecule has 1 rings (SSSR count). The number of ether oxygens (including phenoxy) is 1. The molecule has 0 spiro atoms. The lowest BCUT2D eigenvalue weighted by molar-refractivity contribution is 0.0493. The number of aromatic hydroxyl groups is 1. The summed E-state index contributed by atoms with van der Waals surface area (Å²) in [6.45, 7) is 4.52. The Labute approximate surface area is 109 Å². The summed E-state index contributed by atoms with van der Waals surface area (Å²) in [5, 5.41) is 9.73. The van der Waals surface area contributed by atoms with E-state index < -0.39 is 5.97 Å². The molecule has 3 heteroatoms. The summed E-state index contributed by atoms with van der Waals surface area (Å²) in [4.78, 5) is 11.9. The number of carbonyl (C=O) groups excluding carboxylic acids is 1. The van der Waals surface area contributed by atoms with Crippen molar-refractivity contribution in [3.8, 4) is 5.75 Å². The number of benzene rings is 1. The molecule has 0 radical (unpaired) electrons. The van der Waals surface area contributed by atoms with Crippen molar-refractivity contribution >= 4 is 5.97 Å². The minimum absolute atomic E-state index is 0.00732. The summed E-state index contributed by atoms with van der Waals surface area (Å²) in [6.07, 6.45) is 4.98. The number of unbranched alkanes of at least 4 members (excludes halogenated alkanes) is 3. The summed E-state index contributed by atoms with van der Waals surface area (Å²) in [7, 11) is 0. The average molecular weight is 250 g/mol. The Balaban J connectivity index is 2.56. The van der Waals surface area contributed by atoms with Crippen molar-refractivity contribution in [3.63, 3.8) is 0 Å². The minimum atomic E-state index is -0.415. The number of phenolic OH excluding ortho intramolecular Hbond substituents is 1. The molecule has 0 aliphatic heterocycles. The van der Waals surface area contributed by atoms with Crippen LogP contribution >= 0.6 is 0 Å². The summed E-state index contributed by atoms with van der Waals surface area (Å²) >= 11 is 0. The SMILES string of the molecule is CCCCCCOC(=O)c1c(O)cccc1CC. The molecule has 18 heavy (non-hydrogen) atoms. The zero-order chi connectivity index (χ0) is 13.4. The predicted molar refractivity (Wildman–Crippen MR) is 71.9 cm³/mol. The number of hydrogen-bond acceptors (Lipinski definition) is 3. The maximum Gasteiger partial charge on any atom is 0.342 e. The number of hydrogen-bond donors (Lipinski definition) is 1. The third-order valence-electron chi connectivity index (χ3n) is 2.94.